The van der Waals surface area contributed by atoms with Gasteiger partial charge in [0.2, 0.25) is 0 Å². The number of carbonyl (C=O) groups is 1. The maximum atomic E-state index is 13.2. The van der Waals surface area contributed by atoms with Crippen molar-refractivity contribution in [1.82, 2.24) is 9.88 Å². The van der Waals surface area contributed by atoms with Gasteiger partial charge in [0, 0.05) is 25.4 Å². The summed E-state index contributed by atoms with van der Waals surface area (Å²) in [4.78, 5) is 19.2. The summed E-state index contributed by atoms with van der Waals surface area (Å²) in [5, 5.41) is 2.95. The minimum atomic E-state index is -3.36. The lowest BCUT2D eigenvalue weighted by Gasteiger charge is -2.36. The summed E-state index contributed by atoms with van der Waals surface area (Å²) in [6.07, 6.45) is 4.39. The predicted molar refractivity (Wildman–Crippen MR) is 122 cm³/mol. The third-order valence-electron chi connectivity index (χ3n) is 5.34. The molecule has 1 saturated heterocycles. The van der Waals surface area contributed by atoms with Gasteiger partial charge >= 0.3 is 0 Å². The molecule has 2 aliphatic rings. The average Bonchev–Trinajstić information content (AvgIpc) is 2.76. The second-order valence-corrected chi connectivity index (χ2v) is 8.84. The van der Waals surface area contributed by atoms with Crippen molar-refractivity contribution in [2.24, 2.45) is 10.1 Å². The maximum absolute atomic E-state index is 13.2. The number of nitrogens with one attached hydrogen (secondary N) is 2. The van der Waals surface area contributed by atoms with Crippen molar-refractivity contribution in [2.75, 3.05) is 30.2 Å². The summed E-state index contributed by atoms with van der Waals surface area (Å²) in [5.41, 5.74) is 7.47. The maximum Gasteiger partial charge on any atom is 0.254 e. The first-order chi connectivity index (χ1) is 14.9. The molecule has 1 aromatic carbocycles. The zero-order valence-electron chi connectivity index (χ0n) is 17.1. The molecule has 31 heavy (non-hydrogen) atoms. The number of amides is 1. The van der Waals surface area contributed by atoms with Gasteiger partial charge in [0.1, 0.15) is 18.2 Å². The van der Waals surface area contributed by atoms with Crippen LogP contribution in [0.1, 0.15) is 35.2 Å². The number of hydrogen-bond acceptors (Lipinski definition) is 9. The Morgan fingerprint density at radius 1 is 1.39 bits per heavy atom. The van der Waals surface area contributed by atoms with Crippen LogP contribution in [0.2, 0.25) is 0 Å². The fourth-order valence-electron chi connectivity index (χ4n) is 3.85. The fourth-order valence-corrected chi connectivity index (χ4v) is 4.72. The van der Waals surface area contributed by atoms with Crippen LogP contribution in [0, 0.1) is 0 Å². The van der Waals surface area contributed by atoms with Crippen molar-refractivity contribution in [3.63, 3.8) is 0 Å². The van der Waals surface area contributed by atoms with E-state index in [4.69, 9.17) is 10.5 Å². The monoisotopic (exact) mass is 446 g/mol. The number of anilines is 2. The molecule has 0 unspecified atom stereocenters. The van der Waals surface area contributed by atoms with E-state index in [0.29, 0.717) is 34.9 Å². The van der Waals surface area contributed by atoms with Gasteiger partial charge in [-0.25, -0.2) is 4.98 Å². The standard InChI is InChI=1S/C20H26N6O4S/c1-22-17-11-13(8-9-23-17)20(27)26-10-3-2-5-14(26)12-30-16-7-4-6-15-18(16)19(21)25-31(28,29)24-15/h4,6-9,11,14,24,28-29H,2-3,5,10,12H2,1H3,(H2,21,25)(H,22,23)/t14-/m1/s1. The van der Waals surface area contributed by atoms with Gasteiger partial charge in [-0.3, -0.25) is 18.6 Å². The number of piperidine rings is 1. The van der Waals surface area contributed by atoms with E-state index < -0.39 is 11.0 Å². The number of ether oxygens (including phenoxy) is 1. The number of rotatable bonds is 5. The van der Waals surface area contributed by atoms with E-state index in [1.165, 1.54) is 0 Å². The zero-order chi connectivity index (χ0) is 22.0. The van der Waals surface area contributed by atoms with Crippen LogP contribution in [-0.4, -0.2) is 57.0 Å². The number of fused-ring (bicyclic) bond motifs is 1. The molecule has 11 heteroatoms. The topological polar surface area (TPSA) is 145 Å². The molecule has 2 aliphatic heterocycles. The highest BCUT2D eigenvalue weighted by Crippen LogP contribution is 2.46. The van der Waals surface area contributed by atoms with Crippen LogP contribution in [0.25, 0.3) is 0 Å². The van der Waals surface area contributed by atoms with E-state index in [1.54, 1.807) is 43.6 Å². The summed E-state index contributed by atoms with van der Waals surface area (Å²) in [6.45, 7) is 0.943. The molecule has 1 amide bonds. The van der Waals surface area contributed by atoms with E-state index in [-0.39, 0.29) is 24.4 Å². The molecule has 166 valence electrons. The van der Waals surface area contributed by atoms with Crippen molar-refractivity contribution in [3.05, 3.63) is 47.7 Å². The molecule has 0 aliphatic carbocycles. The first kappa shape index (κ1) is 21.2. The molecule has 2 aromatic rings. The van der Waals surface area contributed by atoms with Gasteiger partial charge in [-0.2, -0.15) is 0 Å². The highest BCUT2D eigenvalue weighted by Gasteiger charge is 2.30. The van der Waals surface area contributed by atoms with Crippen LogP contribution < -0.4 is 20.5 Å². The lowest BCUT2D eigenvalue weighted by molar-refractivity contribution is 0.0528. The third kappa shape index (κ3) is 4.53. The molecule has 3 heterocycles. The number of nitrogens with zero attached hydrogens (tertiary/aromatic N) is 3. The molecule has 10 nitrogen and oxygen atoms in total. The van der Waals surface area contributed by atoms with Gasteiger partial charge in [0.25, 0.3) is 5.91 Å². The Morgan fingerprint density at radius 2 is 2.23 bits per heavy atom. The van der Waals surface area contributed by atoms with Gasteiger partial charge in [0.05, 0.1) is 17.3 Å². The summed E-state index contributed by atoms with van der Waals surface area (Å²) in [7, 11) is -1.60. The number of benzene rings is 1. The van der Waals surface area contributed by atoms with Crippen molar-refractivity contribution < 1.29 is 18.6 Å². The van der Waals surface area contributed by atoms with Gasteiger partial charge < -0.3 is 20.7 Å². The van der Waals surface area contributed by atoms with Crippen molar-refractivity contribution >= 4 is 34.2 Å². The average molecular weight is 447 g/mol. The molecule has 1 atom stereocenters. The molecule has 0 saturated carbocycles. The van der Waals surface area contributed by atoms with E-state index in [9.17, 15) is 13.9 Å². The number of amidine groups is 1. The SMILES string of the molecule is CNc1cc(C(=O)N2CCCC[C@@H]2COc2cccc3c2C(N)=NS(O)(O)N3)ccn1. The van der Waals surface area contributed by atoms with E-state index in [2.05, 4.69) is 19.4 Å². The first-order valence-electron chi connectivity index (χ1n) is 10.0. The molecule has 6 N–H and O–H groups in total. The summed E-state index contributed by atoms with van der Waals surface area (Å²) >= 11 is 0. The summed E-state index contributed by atoms with van der Waals surface area (Å²) < 4.78 is 32.0. The number of hydrogen-bond donors (Lipinski definition) is 5. The van der Waals surface area contributed by atoms with Crippen molar-refractivity contribution in [3.8, 4) is 5.75 Å². The molecule has 4 rings (SSSR count). The molecular formula is C20H26N6O4S. The third-order valence-corrected chi connectivity index (χ3v) is 6.28. The van der Waals surface area contributed by atoms with E-state index >= 15 is 0 Å². The normalized spacial score (nSPS) is 20.7. The van der Waals surface area contributed by atoms with Crippen LogP contribution in [0.4, 0.5) is 11.5 Å². The number of pyridine rings is 1. The van der Waals surface area contributed by atoms with Crippen molar-refractivity contribution in [2.45, 2.75) is 25.3 Å². The zero-order valence-corrected chi connectivity index (χ0v) is 17.9. The molecule has 1 fully saturated rings. The Bertz CT molecular complexity index is 1010. The Morgan fingerprint density at radius 3 is 3.03 bits per heavy atom. The largest absolute Gasteiger partial charge is 0.491 e. The minimum Gasteiger partial charge on any atom is -0.491 e. The first-order valence-corrected chi connectivity index (χ1v) is 11.5. The van der Waals surface area contributed by atoms with Gasteiger partial charge in [0.15, 0.2) is 5.84 Å². The van der Waals surface area contributed by atoms with E-state index in [0.717, 1.165) is 19.3 Å². The second-order valence-electron chi connectivity index (χ2n) is 7.42. The molecular weight excluding hydrogens is 420 g/mol. The smallest absolute Gasteiger partial charge is 0.254 e. The molecule has 1 aromatic heterocycles. The lowest BCUT2D eigenvalue weighted by Crippen LogP contribution is -2.46. The van der Waals surface area contributed by atoms with Crippen LogP contribution in [0.3, 0.4) is 0 Å². The van der Waals surface area contributed by atoms with Gasteiger partial charge in [-0.1, -0.05) is 6.07 Å². The lowest BCUT2D eigenvalue weighted by atomic mass is 10.0. The van der Waals surface area contributed by atoms with Crippen LogP contribution in [0.5, 0.6) is 5.75 Å². The molecule has 0 radical (unpaired) electrons. The van der Waals surface area contributed by atoms with E-state index in [1.807, 2.05) is 4.90 Å². The highest BCUT2D eigenvalue weighted by molar-refractivity contribution is 8.24. The number of aromatic nitrogens is 1. The minimum absolute atomic E-state index is 0.00249. The molecule has 0 bridgehead atoms. The van der Waals surface area contributed by atoms with Gasteiger partial charge in [-0.05, 0) is 54.5 Å². The predicted octanol–water partition coefficient (Wildman–Crippen LogP) is 2.91. The fraction of sp³-hybridized carbons (Fsp3) is 0.350. The number of likely N-dealkylation sites (tertiary alicyclic amines) is 1. The second kappa shape index (κ2) is 8.61. The highest BCUT2D eigenvalue weighted by atomic mass is 32.3. The Hall–Kier alpha value is -3.02. The Balaban J connectivity index is 1.52. The Labute approximate surface area is 182 Å². The van der Waals surface area contributed by atoms with Gasteiger partial charge in [-0.15, -0.1) is 4.40 Å². The quantitative estimate of drug-likeness (QED) is 0.471. The summed E-state index contributed by atoms with van der Waals surface area (Å²) in [5.74, 6) is 1.05. The van der Waals surface area contributed by atoms with Crippen LogP contribution in [0.15, 0.2) is 40.9 Å². The number of nitrogens with two attached hydrogens (primary N) is 1. The number of carbonyl (C=O) groups excluding carboxylic acids is 1. The Kier molecular flexibility index (Phi) is 5.90. The summed E-state index contributed by atoms with van der Waals surface area (Å²) in [6, 6.07) is 8.51. The van der Waals surface area contributed by atoms with Crippen molar-refractivity contribution in [1.29, 1.82) is 0 Å². The van der Waals surface area contributed by atoms with Crippen LogP contribution in [-0.2, 0) is 0 Å². The van der Waals surface area contributed by atoms with Crippen LogP contribution >= 0.6 is 11.0 Å². The molecule has 0 spiro atoms.